The standard InChI is InChI=1S/C13H18F3N3/c1-2-19-7-5-10(9-19)8-18-12-11(13(14,15)16)4-3-6-17-12/h3-4,6,10H,2,5,7-9H2,1H3,(H,17,18). The number of halogens is 3. The maximum absolute atomic E-state index is 12.8. The zero-order valence-electron chi connectivity index (χ0n) is 10.9. The molecule has 3 nitrogen and oxygen atoms in total. The molecule has 1 unspecified atom stereocenters. The molecule has 1 aromatic rings. The number of pyridine rings is 1. The zero-order valence-corrected chi connectivity index (χ0v) is 10.9. The molecule has 1 aromatic heterocycles. The minimum Gasteiger partial charge on any atom is -0.369 e. The summed E-state index contributed by atoms with van der Waals surface area (Å²) >= 11 is 0. The quantitative estimate of drug-likeness (QED) is 0.914. The molecule has 106 valence electrons. The Morgan fingerprint density at radius 2 is 2.26 bits per heavy atom. The molecule has 0 amide bonds. The molecule has 2 rings (SSSR count). The summed E-state index contributed by atoms with van der Waals surface area (Å²) in [4.78, 5) is 6.10. The van der Waals surface area contributed by atoms with E-state index in [2.05, 4.69) is 22.1 Å². The third-order valence-corrected chi connectivity index (χ3v) is 3.49. The van der Waals surface area contributed by atoms with E-state index in [4.69, 9.17) is 0 Å². The maximum atomic E-state index is 12.8. The van der Waals surface area contributed by atoms with Crippen molar-refractivity contribution < 1.29 is 13.2 Å². The Hall–Kier alpha value is -1.30. The Morgan fingerprint density at radius 3 is 2.89 bits per heavy atom. The summed E-state index contributed by atoms with van der Waals surface area (Å²) in [6.45, 7) is 5.59. The number of aromatic nitrogens is 1. The lowest BCUT2D eigenvalue weighted by Gasteiger charge is -2.16. The van der Waals surface area contributed by atoms with Crippen LogP contribution in [0.2, 0.25) is 0 Å². The van der Waals surface area contributed by atoms with Crippen molar-refractivity contribution in [2.45, 2.75) is 19.5 Å². The van der Waals surface area contributed by atoms with Crippen LogP contribution in [0.4, 0.5) is 19.0 Å². The van der Waals surface area contributed by atoms with Crippen molar-refractivity contribution in [1.82, 2.24) is 9.88 Å². The Bertz CT molecular complexity index is 420. The fourth-order valence-corrected chi connectivity index (χ4v) is 2.38. The van der Waals surface area contributed by atoms with Crippen LogP contribution in [-0.4, -0.2) is 36.1 Å². The number of hydrogen-bond donors (Lipinski definition) is 1. The van der Waals surface area contributed by atoms with Gasteiger partial charge in [0.2, 0.25) is 0 Å². The Morgan fingerprint density at radius 1 is 1.47 bits per heavy atom. The number of nitrogens with zero attached hydrogens (tertiary/aromatic N) is 2. The molecular weight excluding hydrogens is 255 g/mol. The topological polar surface area (TPSA) is 28.2 Å². The van der Waals surface area contributed by atoms with Gasteiger partial charge in [-0.1, -0.05) is 6.92 Å². The van der Waals surface area contributed by atoms with E-state index in [1.165, 1.54) is 12.3 Å². The number of hydrogen-bond acceptors (Lipinski definition) is 3. The lowest BCUT2D eigenvalue weighted by Crippen LogP contribution is -2.23. The van der Waals surface area contributed by atoms with Gasteiger partial charge in [0.05, 0.1) is 5.56 Å². The van der Waals surface area contributed by atoms with Crippen molar-refractivity contribution in [2.24, 2.45) is 5.92 Å². The molecule has 19 heavy (non-hydrogen) atoms. The molecule has 2 heterocycles. The van der Waals surface area contributed by atoms with E-state index in [-0.39, 0.29) is 5.82 Å². The van der Waals surface area contributed by atoms with Crippen molar-refractivity contribution in [3.63, 3.8) is 0 Å². The Kier molecular flexibility index (Phi) is 4.29. The number of nitrogens with one attached hydrogen (secondary N) is 1. The average Bonchev–Trinajstić information content (AvgIpc) is 2.83. The Labute approximate surface area is 110 Å². The molecule has 0 saturated carbocycles. The van der Waals surface area contributed by atoms with Crippen LogP contribution in [0.1, 0.15) is 18.9 Å². The van der Waals surface area contributed by atoms with E-state index in [1.807, 2.05) is 0 Å². The fourth-order valence-electron chi connectivity index (χ4n) is 2.38. The molecule has 1 fully saturated rings. The predicted molar refractivity (Wildman–Crippen MR) is 67.9 cm³/mol. The van der Waals surface area contributed by atoms with Gasteiger partial charge in [0.1, 0.15) is 5.82 Å². The van der Waals surface area contributed by atoms with Crippen LogP contribution < -0.4 is 5.32 Å². The molecule has 6 heteroatoms. The van der Waals surface area contributed by atoms with E-state index in [0.717, 1.165) is 32.1 Å². The zero-order chi connectivity index (χ0) is 13.9. The van der Waals surface area contributed by atoms with Crippen LogP contribution in [0.5, 0.6) is 0 Å². The summed E-state index contributed by atoms with van der Waals surface area (Å²) in [5, 5.41) is 2.85. The highest BCUT2D eigenvalue weighted by molar-refractivity contribution is 5.45. The van der Waals surface area contributed by atoms with Crippen molar-refractivity contribution in [1.29, 1.82) is 0 Å². The third kappa shape index (κ3) is 3.59. The van der Waals surface area contributed by atoms with Crippen molar-refractivity contribution in [3.8, 4) is 0 Å². The molecule has 1 aliphatic rings. The second kappa shape index (κ2) is 5.77. The van der Waals surface area contributed by atoms with Crippen LogP contribution in [0.15, 0.2) is 18.3 Å². The molecule has 0 spiro atoms. The van der Waals surface area contributed by atoms with Crippen molar-refractivity contribution >= 4 is 5.82 Å². The van der Waals surface area contributed by atoms with Gasteiger partial charge in [-0.3, -0.25) is 0 Å². The smallest absolute Gasteiger partial charge is 0.369 e. The summed E-state index contributed by atoms with van der Waals surface area (Å²) in [6, 6.07) is 2.37. The lowest BCUT2D eigenvalue weighted by atomic mass is 10.1. The fraction of sp³-hybridized carbons (Fsp3) is 0.615. The van der Waals surface area contributed by atoms with Gasteiger partial charge in [0, 0.05) is 19.3 Å². The van der Waals surface area contributed by atoms with Gasteiger partial charge in [-0.2, -0.15) is 13.2 Å². The summed E-state index contributed by atoms with van der Waals surface area (Å²) in [5.74, 6) is 0.327. The van der Waals surface area contributed by atoms with Crippen LogP contribution in [0.25, 0.3) is 0 Å². The van der Waals surface area contributed by atoms with Gasteiger partial charge in [-0.25, -0.2) is 4.98 Å². The SMILES string of the molecule is CCN1CCC(CNc2ncccc2C(F)(F)F)C1. The second-order valence-electron chi connectivity index (χ2n) is 4.83. The van der Waals surface area contributed by atoms with E-state index < -0.39 is 11.7 Å². The summed E-state index contributed by atoms with van der Waals surface area (Å²) in [5.41, 5.74) is -0.694. The highest BCUT2D eigenvalue weighted by Gasteiger charge is 2.34. The predicted octanol–water partition coefficient (Wildman–Crippen LogP) is 2.85. The molecular formula is C13H18F3N3. The van der Waals surface area contributed by atoms with Gasteiger partial charge in [-0.05, 0) is 37.6 Å². The van der Waals surface area contributed by atoms with Crippen LogP contribution in [0, 0.1) is 5.92 Å². The average molecular weight is 273 g/mol. The van der Waals surface area contributed by atoms with Gasteiger partial charge in [0.15, 0.2) is 0 Å². The minimum absolute atomic E-state index is 0.0649. The lowest BCUT2D eigenvalue weighted by molar-refractivity contribution is -0.137. The Balaban J connectivity index is 1.97. The first-order valence-corrected chi connectivity index (χ1v) is 6.49. The summed E-state index contributed by atoms with van der Waals surface area (Å²) < 4.78 is 38.3. The van der Waals surface area contributed by atoms with Crippen molar-refractivity contribution in [2.75, 3.05) is 31.5 Å². The van der Waals surface area contributed by atoms with Crippen LogP contribution in [0.3, 0.4) is 0 Å². The normalized spacial score (nSPS) is 20.7. The first-order chi connectivity index (χ1) is 9.00. The van der Waals surface area contributed by atoms with E-state index in [1.54, 1.807) is 0 Å². The first kappa shape index (κ1) is 14.1. The number of alkyl halides is 3. The number of rotatable bonds is 4. The molecule has 0 aromatic carbocycles. The van der Waals surface area contributed by atoms with Gasteiger partial charge >= 0.3 is 6.18 Å². The highest BCUT2D eigenvalue weighted by atomic mass is 19.4. The van der Waals surface area contributed by atoms with Gasteiger partial charge in [0.25, 0.3) is 0 Å². The molecule has 1 atom stereocenters. The van der Waals surface area contributed by atoms with E-state index >= 15 is 0 Å². The molecule has 0 bridgehead atoms. The summed E-state index contributed by atoms with van der Waals surface area (Å²) in [7, 11) is 0. The molecule has 1 N–H and O–H groups in total. The summed E-state index contributed by atoms with van der Waals surface area (Å²) in [6.07, 6.45) is -1.96. The molecule has 0 radical (unpaired) electrons. The van der Waals surface area contributed by atoms with Gasteiger partial charge < -0.3 is 10.2 Å². The molecule has 1 saturated heterocycles. The van der Waals surface area contributed by atoms with E-state index in [0.29, 0.717) is 12.5 Å². The largest absolute Gasteiger partial charge is 0.419 e. The first-order valence-electron chi connectivity index (χ1n) is 6.49. The van der Waals surface area contributed by atoms with Gasteiger partial charge in [-0.15, -0.1) is 0 Å². The monoisotopic (exact) mass is 273 g/mol. The molecule has 1 aliphatic heterocycles. The second-order valence-corrected chi connectivity index (χ2v) is 4.83. The van der Waals surface area contributed by atoms with Crippen LogP contribution in [-0.2, 0) is 6.18 Å². The highest BCUT2D eigenvalue weighted by Crippen LogP contribution is 2.33. The van der Waals surface area contributed by atoms with Crippen molar-refractivity contribution in [3.05, 3.63) is 23.9 Å². The van der Waals surface area contributed by atoms with Crippen LogP contribution >= 0.6 is 0 Å². The minimum atomic E-state index is -4.36. The number of anilines is 1. The number of likely N-dealkylation sites (tertiary alicyclic amines) is 1. The molecule has 0 aliphatic carbocycles. The third-order valence-electron chi connectivity index (χ3n) is 3.49. The van der Waals surface area contributed by atoms with E-state index in [9.17, 15) is 13.2 Å². The maximum Gasteiger partial charge on any atom is 0.419 e.